The number of aryl methyl sites for hydroxylation is 1. The fraction of sp³-hybridized carbons (Fsp3) is 0.588. The van der Waals surface area contributed by atoms with Crippen LogP contribution in [-0.4, -0.2) is 53.5 Å². The molecule has 2 atom stereocenters. The predicted octanol–water partition coefficient (Wildman–Crippen LogP) is 2.23. The molecule has 0 saturated carbocycles. The maximum atomic E-state index is 14.6. The van der Waals surface area contributed by atoms with E-state index in [9.17, 15) is 18.7 Å². The Bertz CT molecular complexity index is 672. The molecular formula is C17H21F2NO4. The Kier molecular flexibility index (Phi) is 4.15. The van der Waals surface area contributed by atoms with Crippen LogP contribution in [0.3, 0.4) is 0 Å². The Morgan fingerprint density at radius 3 is 2.88 bits per heavy atom. The molecule has 5 nitrogen and oxygen atoms in total. The number of hydrogen-bond donors (Lipinski definition) is 1. The Labute approximate surface area is 139 Å². The first-order valence-corrected chi connectivity index (χ1v) is 7.94. The second-order valence-electron chi connectivity index (χ2n) is 7.03. The van der Waals surface area contributed by atoms with Crippen LogP contribution in [0.15, 0.2) is 6.07 Å². The van der Waals surface area contributed by atoms with Crippen molar-refractivity contribution in [3.63, 3.8) is 0 Å². The van der Waals surface area contributed by atoms with Crippen molar-refractivity contribution in [3.05, 3.63) is 23.0 Å². The summed E-state index contributed by atoms with van der Waals surface area (Å²) >= 11 is 0. The molecule has 1 aromatic rings. The summed E-state index contributed by atoms with van der Waals surface area (Å²) in [4.78, 5) is 14.3. The minimum Gasteiger partial charge on any atom is -0.490 e. The van der Waals surface area contributed by atoms with E-state index in [1.165, 1.54) is 31.7 Å². The predicted molar refractivity (Wildman–Crippen MR) is 82.8 cm³/mol. The SMILES string of the molecule is Cc1cc2c(c(OCC(C)(C)F)c1F)C(=O)N1C[C@@H](O)C[C@@H]1CO2. The molecule has 1 amide bonds. The molecule has 132 valence electrons. The summed E-state index contributed by atoms with van der Waals surface area (Å²) < 4.78 is 39.4. The number of amides is 1. The first kappa shape index (κ1) is 17.0. The summed E-state index contributed by atoms with van der Waals surface area (Å²) in [6.07, 6.45) is -0.219. The standard InChI is InChI=1S/C17H21F2NO4/c1-9-4-12-13(15(14(9)18)24-8-17(2,3)19)16(22)20-6-11(21)5-10(20)7-23-12/h4,10-11,21H,5-8H2,1-3H3/t10-,11+/m1/s1. The molecule has 0 radical (unpaired) electrons. The molecule has 24 heavy (non-hydrogen) atoms. The lowest BCUT2D eigenvalue weighted by Crippen LogP contribution is -2.37. The van der Waals surface area contributed by atoms with Crippen molar-refractivity contribution in [2.45, 2.75) is 45.0 Å². The number of hydrogen-bond acceptors (Lipinski definition) is 4. The Morgan fingerprint density at radius 1 is 1.50 bits per heavy atom. The second kappa shape index (κ2) is 5.88. The fourth-order valence-corrected chi connectivity index (χ4v) is 3.06. The van der Waals surface area contributed by atoms with E-state index in [-0.39, 0.29) is 48.4 Å². The molecule has 1 saturated heterocycles. The highest BCUT2D eigenvalue weighted by molar-refractivity contribution is 6.00. The second-order valence-corrected chi connectivity index (χ2v) is 7.03. The molecule has 2 heterocycles. The highest BCUT2D eigenvalue weighted by Gasteiger charge is 2.41. The molecule has 1 N–H and O–H groups in total. The molecule has 0 unspecified atom stereocenters. The van der Waals surface area contributed by atoms with Gasteiger partial charge in [0, 0.05) is 6.54 Å². The average molecular weight is 341 g/mol. The molecule has 0 aromatic heterocycles. The van der Waals surface area contributed by atoms with E-state index in [0.717, 1.165) is 0 Å². The number of ether oxygens (including phenoxy) is 2. The van der Waals surface area contributed by atoms with Gasteiger partial charge in [-0.1, -0.05) is 0 Å². The van der Waals surface area contributed by atoms with Gasteiger partial charge in [0.1, 0.15) is 30.2 Å². The van der Waals surface area contributed by atoms with Gasteiger partial charge < -0.3 is 19.5 Å². The third-order valence-electron chi connectivity index (χ3n) is 4.22. The fourth-order valence-electron chi connectivity index (χ4n) is 3.06. The van der Waals surface area contributed by atoms with Gasteiger partial charge in [0.2, 0.25) is 0 Å². The van der Waals surface area contributed by atoms with Gasteiger partial charge in [-0.3, -0.25) is 4.79 Å². The molecule has 0 aliphatic carbocycles. The van der Waals surface area contributed by atoms with Crippen LogP contribution in [0, 0.1) is 12.7 Å². The van der Waals surface area contributed by atoms with Crippen molar-refractivity contribution in [2.24, 2.45) is 0 Å². The first-order chi connectivity index (χ1) is 11.2. The van der Waals surface area contributed by atoms with E-state index < -0.39 is 23.5 Å². The Balaban J connectivity index is 2.04. The molecule has 0 bridgehead atoms. The van der Waals surface area contributed by atoms with Crippen molar-refractivity contribution in [1.82, 2.24) is 4.90 Å². The van der Waals surface area contributed by atoms with Gasteiger partial charge in [-0.05, 0) is 38.8 Å². The Hall–Kier alpha value is -1.89. The number of nitrogens with zero attached hydrogens (tertiary/aromatic N) is 1. The van der Waals surface area contributed by atoms with Crippen molar-refractivity contribution in [3.8, 4) is 11.5 Å². The lowest BCUT2D eigenvalue weighted by molar-refractivity contribution is 0.0698. The van der Waals surface area contributed by atoms with Gasteiger partial charge in [-0.2, -0.15) is 0 Å². The maximum absolute atomic E-state index is 14.6. The number of rotatable bonds is 3. The van der Waals surface area contributed by atoms with E-state index in [1.807, 2.05) is 0 Å². The minimum atomic E-state index is -1.68. The number of carbonyl (C=O) groups excluding carboxylic acids is 1. The van der Waals surface area contributed by atoms with Crippen LogP contribution in [0.4, 0.5) is 8.78 Å². The molecule has 1 fully saturated rings. The smallest absolute Gasteiger partial charge is 0.261 e. The topological polar surface area (TPSA) is 59.0 Å². The highest BCUT2D eigenvalue weighted by atomic mass is 19.1. The zero-order valence-corrected chi connectivity index (χ0v) is 13.9. The van der Waals surface area contributed by atoms with E-state index in [4.69, 9.17) is 9.47 Å². The van der Waals surface area contributed by atoms with Crippen LogP contribution in [0.1, 0.15) is 36.2 Å². The third-order valence-corrected chi connectivity index (χ3v) is 4.22. The van der Waals surface area contributed by atoms with Gasteiger partial charge in [-0.15, -0.1) is 0 Å². The van der Waals surface area contributed by atoms with E-state index in [0.29, 0.717) is 6.42 Å². The number of alkyl halides is 1. The molecule has 3 rings (SSSR count). The van der Waals surface area contributed by atoms with Gasteiger partial charge in [0.05, 0.1) is 12.1 Å². The number of carbonyl (C=O) groups is 1. The lowest BCUT2D eigenvalue weighted by atomic mass is 10.1. The van der Waals surface area contributed by atoms with Gasteiger partial charge in [0.15, 0.2) is 11.6 Å². The van der Waals surface area contributed by atoms with Crippen LogP contribution in [-0.2, 0) is 0 Å². The normalized spacial score (nSPS) is 23.4. The van der Waals surface area contributed by atoms with E-state index >= 15 is 0 Å². The number of aliphatic hydroxyl groups is 1. The summed E-state index contributed by atoms with van der Waals surface area (Å²) in [5.41, 5.74) is -1.46. The summed E-state index contributed by atoms with van der Waals surface area (Å²) in [7, 11) is 0. The largest absolute Gasteiger partial charge is 0.490 e. The van der Waals surface area contributed by atoms with Crippen LogP contribution in [0.5, 0.6) is 11.5 Å². The van der Waals surface area contributed by atoms with Crippen LogP contribution in [0.25, 0.3) is 0 Å². The lowest BCUT2D eigenvalue weighted by Gasteiger charge is -2.22. The number of aliphatic hydroxyl groups excluding tert-OH is 1. The summed E-state index contributed by atoms with van der Waals surface area (Å²) in [6, 6.07) is 1.18. The monoisotopic (exact) mass is 341 g/mol. The van der Waals surface area contributed by atoms with Crippen LogP contribution < -0.4 is 9.47 Å². The first-order valence-electron chi connectivity index (χ1n) is 7.94. The van der Waals surface area contributed by atoms with Crippen LogP contribution >= 0.6 is 0 Å². The zero-order chi connectivity index (χ0) is 17.6. The highest BCUT2D eigenvalue weighted by Crippen LogP contribution is 2.39. The minimum absolute atomic E-state index is 0.0426. The number of fused-ring (bicyclic) bond motifs is 2. The van der Waals surface area contributed by atoms with Crippen molar-refractivity contribution < 1.29 is 28.2 Å². The van der Waals surface area contributed by atoms with Crippen molar-refractivity contribution >= 4 is 5.91 Å². The number of benzene rings is 1. The van der Waals surface area contributed by atoms with Gasteiger partial charge >= 0.3 is 0 Å². The molecule has 7 heteroatoms. The summed E-state index contributed by atoms with van der Waals surface area (Å²) in [5.74, 6) is -1.22. The maximum Gasteiger partial charge on any atom is 0.261 e. The molecular weight excluding hydrogens is 320 g/mol. The van der Waals surface area contributed by atoms with E-state index in [2.05, 4.69) is 0 Å². The summed E-state index contributed by atoms with van der Waals surface area (Å²) in [5, 5.41) is 9.79. The molecule has 1 aromatic carbocycles. The summed E-state index contributed by atoms with van der Waals surface area (Å²) in [6.45, 7) is 4.14. The molecule has 0 spiro atoms. The average Bonchev–Trinajstić information content (AvgIpc) is 2.80. The van der Waals surface area contributed by atoms with Crippen molar-refractivity contribution in [1.29, 1.82) is 0 Å². The molecule has 2 aliphatic heterocycles. The third kappa shape index (κ3) is 3.05. The van der Waals surface area contributed by atoms with Crippen LogP contribution in [0.2, 0.25) is 0 Å². The number of halogens is 2. The quantitative estimate of drug-likeness (QED) is 0.916. The zero-order valence-electron chi connectivity index (χ0n) is 13.9. The molecule has 2 aliphatic rings. The van der Waals surface area contributed by atoms with Gasteiger partial charge in [0.25, 0.3) is 5.91 Å². The van der Waals surface area contributed by atoms with E-state index in [1.54, 1.807) is 0 Å². The van der Waals surface area contributed by atoms with Gasteiger partial charge in [-0.25, -0.2) is 8.78 Å². The van der Waals surface area contributed by atoms with Crippen molar-refractivity contribution in [2.75, 3.05) is 19.8 Å². The Morgan fingerprint density at radius 2 is 2.21 bits per heavy atom.